The molecule has 0 aromatic heterocycles. The van der Waals surface area contributed by atoms with Crippen LogP contribution < -0.4 is 16.4 Å². The summed E-state index contributed by atoms with van der Waals surface area (Å²) in [5.41, 5.74) is 4.93. The molecule has 4 nitrogen and oxygen atoms in total. The zero-order valence-corrected chi connectivity index (χ0v) is 9.47. The second kappa shape index (κ2) is 7.62. The normalized spacial score (nSPS) is 12.9. The van der Waals surface area contributed by atoms with Crippen LogP contribution >= 0.6 is 0 Å². The van der Waals surface area contributed by atoms with Crippen molar-refractivity contribution < 1.29 is 4.79 Å². The molecule has 2 amide bonds. The summed E-state index contributed by atoms with van der Waals surface area (Å²) in [7, 11) is 0. The minimum atomic E-state index is -0.457. The van der Waals surface area contributed by atoms with Crippen LogP contribution in [0.5, 0.6) is 0 Å². The Morgan fingerprint density at radius 2 is 1.86 bits per heavy atom. The number of urea groups is 1. The number of nitrogens with two attached hydrogens (primary N) is 1. The average Bonchev–Trinajstić information content (AvgIpc) is 2.08. The Labute approximate surface area is 86.6 Å². The lowest BCUT2D eigenvalue weighted by atomic mass is 10.0. The second-order valence-corrected chi connectivity index (χ2v) is 4.12. The van der Waals surface area contributed by atoms with Gasteiger partial charge in [0.15, 0.2) is 0 Å². The van der Waals surface area contributed by atoms with Gasteiger partial charge in [-0.05, 0) is 25.7 Å². The summed E-state index contributed by atoms with van der Waals surface area (Å²) in [6.07, 6.45) is 2.41. The number of hydrogen-bond donors (Lipinski definition) is 3. The molecular weight excluding hydrogens is 178 g/mol. The van der Waals surface area contributed by atoms with Gasteiger partial charge in [0.25, 0.3) is 0 Å². The Hall–Kier alpha value is -0.770. The molecule has 0 heterocycles. The summed E-state index contributed by atoms with van der Waals surface area (Å²) < 4.78 is 0. The van der Waals surface area contributed by atoms with Gasteiger partial charge in [-0.15, -0.1) is 0 Å². The third-order valence-electron chi connectivity index (χ3n) is 2.09. The molecule has 0 aliphatic rings. The van der Waals surface area contributed by atoms with E-state index in [1.165, 1.54) is 12.8 Å². The molecule has 4 heteroatoms. The van der Waals surface area contributed by atoms with E-state index in [1.807, 2.05) is 0 Å². The first-order valence-electron chi connectivity index (χ1n) is 5.29. The van der Waals surface area contributed by atoms with E-state index in [2.05, 4.69) is 31.4 Å². The Morgan fingerprint density at radius 3 is 2.36 bits per heavy atom. The first-order valence-corrected chi connectivity index (χ1v) is 5.29. The predicted octanol–water partition coefficient (Wildman–Crippen LogP) is 1.07. The van der Waals surface area contributed by atoms with E-state index in [0.29, 0.717) is 12.6 Å². The molecule has 14 heavy (non-hydrogen) atoms. The van der Waals surface area contributed by atoms with Crippen LogP contribution in [0.1, 0.15) is 33.6 Å². The highest BCUT2D eigenvalue weighted by molar-refractivity contribution is 5.71. The number of carbonyl (C=O) groups excluding carboxylic acids is 1. The predicted molar refractivity (Wildman–Crippen MR) is 59.1 cm³/mol. The number of carbonyl (C=O) groups is 1. The summed E-state index contributed by atoms with van der Waals surface area (Å²) >= 11 is 0. The van der Waals surface area contributed by atoms with Gasteiger partial charge < -0.3 is 16.4 Å². The molecule has 0 saturated carbocycles. The lowest BCUT2D eigenvalue weighted by molar-refractivity contribution is 0.248. The number of hydrogen-bond acceptors (Lipinski definition) is 2. The van der Waals surface area contributed by atoms with E-state index in [0.717, 1.165) is 12.5 Å². The van der Waals surface area contributed by atoms with E-state index < -0.39 is 6.03 Å². The van der Waals surface area contributed by atoms with Gasteiger partial charge in [-0.3, -0.25) is 0 Å². The molecule has 0 aliphatic heterocycles. The molecule has 1 unspecified atom stereocenters. The fourth-order valence-electron chi connectivity index (χ4n) is 1.19. The fourth-order valence-corrected chi connectivity index (χ4v) is 1.19. The van der Waals surface area contributed by atoms with Gasteiger partial charge in [0.05, 0.1) is 0 Å². The van der Waals surface area contributed by atoms with Crippen molar-refractivity contribution in [3.8, 4) is 0 Å². The second-order valence-electron chi connectivity index (χ2n) is 4.12. The Balaban J connectivity index is 3.26. The highest BCUT2D eigenvalue weighted by Gasteiger charge is 2.02. The molecule has 0 aliphatic carbocycles. The molecule has 0 radical (unpaired) electrons. The highest BCUT2D eigenvalue weighted by atomic mass is 16.2. The van der Waals surface area contributed by atoms with Crippen LogP contribution in [0.3, 0.4) is 0 Å². The van der Waals surface area contributed by atoms with Gasteiger partial charge in [-0.2, -0.15) is 0 Å². The summed E-state index contributed by atoms with van der Waals surface area (Å²) in [6, 6.07) is 0.0497. The van der Waals surface area contributed by atoms with Crippen LogP contribution in [0.25, 0.3) is 0 Å². The van der Waals surface area contributed by atoms with Gasteiger partial charge in [0.2, 0.25) is 0 Å². The maximum atomic E-state index is 10.3. The quantitative estimate of drug-likeness (QED) is 0.539. The highest BCUT2D eigenvalue weighted by Crippen LogP contribution is 2.05. The van der Waals surface area contributed by atoms with Gasteiger partial charge in [0, 0.05) is 19.1 Å². The molecule has 0 aromatic rings. The molecule has 1 atom stereocenters. The monoisotopic (exact) mass is 201 g/mol. The van der Waals surface area contributed by atoms with Gasteiger partial charge in [-0.1, -0.05) is 13.8 Å². The van der Waals surface area contributed by atoms with Crippen LogP contribution in [-0.4, -0.2) is 25.2 Å². The molecule has 0 rings (SSSR count). The summed E-state index contributed by atoms with van der Waals surface area (Å²) in [5, 5.41) is 5.87. The third kappa shape index (κ3) is 9.32. The average molecular weight is 201 g/mol. The lowest BCUT2D eigenvalue weighted by Crippen LogP contribution is -2.38. The van der Waals surface area contributed by atoms with E-state index in [9.17, 15) is 4.79 Å². The van der Waals surface area contributed by atoms with Crippen molar-refractivity contribution >= 4 is 6.03 Å². The van der Waals surface area contributed by atoms with E-state index in [1.54, 1.807) is 0 Å². The molecular formula is C10H23N3O. The van der Waals surface area contributed by atoms with Crippen LogP contribution in [0.15, 0.2) is 0 Å². The zero-order chi connectivity index (χ0) is 11.0. The van der Waals surface area contributed by atoms with E-state index in [4.69, 9.17) is 5.73 Å². The molecule has 0 aromatic carbocycles. The number of nitrogens with one attached hydrogen (secondary N) is 2. The van der Waals surface area contributed by atoms with E-state index >= 15 is 0 Å². The fraction of sp³-hybridized carbons (Fsp3) is 0.900. The zero-order valence-electron chi connectivity index (χ0n) is 9.47. The van der Waals surface area contributed by atoms with Crippen LogP contribution in [0.2, 0.25) is 0 Å². The molecule has 0 bridgehead atoms. The van der Waals surface area contributed by atoms with Crippen molar-refractivity contribution in [3.63, 3.8) is 0 Å². The van der Waals surface area contributed by atoms with Gasteiger partial charge in [-0.25, -0.2) is 4.79 Å². The molecule has 84 valence electrons. The lowest BCUT2D eigenvalue weighted by Gasteiger charge is -2.14. The van der Waals surface area contributed by atoms with Crippen LogP contribution in [0, 0.1) is 5.92 Å². The summed E-state index contributed by atoms with van der Waals surface area (Å²) in [4.78, 5) is 10.3. The number of rotatable bonds is 7. The van der Waals surface area contributed by atoms with Gasteiger partial charge in [0.1, 0.15) is 0 Å². The maximum absolute atomic E-state index is 10.3. The molecule has 0 spiro atoms. The minimum absolute atomic E-state index is 0.457. The Morgan fingerprint density at radius 1 is 1.21 bits per heavy atom. The smallest absolute Gasteiger partial charge is 0.312 e. The first-order chi connectivity index (χ1) is 6.52. The van der Waals surface area contributed by atoms with Gasteiger partial charge >= 0.3 is 6.03 Å². The number of amides is 2. The standard InChI is InChI=1S/C10H23N3O/c1-8(2)4-5-9(3)12-6-7-13-10(11)14/h8-9,12H,4-7H2,1-3H3,(H3,11,13,14). The summed E-state index contributed by atoms with van der Waals surface area (Å²) in [6.45, 7) is 7.99. The van der Waals surface area contributed by atoms with Crippen LogP contribution in [0.4, 0.5) is 4.79 Å². The number of primary amides is 1. The Kier molecular flexibility index (Phi) is 7.20. The topological polar surface area (TPSA) is 67.2 Å². The van der Waals surface area contributed by atoms with E-state index in [-0.39, 0.29) is 0 Å². The van der Waals surface area contributed by atoms with Crippen LogP contribution in [-0.2, 0) is 0 Å². The van der Waals surface area contributed by atoms with Crippen molar-refractivity contribution in [1.82, 2.24) is 10.6 Å². The first kappa shape index (κ1) is 13.2. The Bertz CT molecular complexity index is 159. The van der Waals surface area contributed by atoms with Crippen molar-refractivity contribution in [2.24, 2.45) is 11.7 Å². The molecule has 0 fully saturated rings. The molecule has 0 saturated heterocycles. The summed E-state index contributed by atoms with van der Waals surface area (Å²) in [5.74, 6) is 0.753. The third-order valence-corrected chi connectivity index (χ3v) is 2.09. The maximum Gasteiger partial charge on any atom is 0.312 e. The minimum Gasteiger partial charge on any atom is -0.352 e. The van der Waals surface area contributed by atoms with Crippen molar-refractivity contribution in [1.29, 1.82) is 0 Å². The SMILES string of the molecule is CC(C)CCC(C)NCCNC(N)=O. The largest absolute Gasteiger partial charge is 0.352 e. The van der Waals surface area contributed by atoms with Crippen molar-refractivity contribution in [2.75, 3.05) is 13.1 Å². The van der Waals surface area contributed by atoms with Crippen molar-refractivity contribution in [2.45, 2.75) is 39.7 Å². The molecule has 4 N–H and O–H groups in total. The van der Waals surface area contributed by atoms with Crippen molar-refractivity contribution in [3.05, 3.63) is 0 Å².